The fraction of sp³-hybridized carbons (Fsp3) is 0.417. The molecule has 4 aliphatic carbocycles. The maximum absolute atomic E-state index is 2.24. The lowest BCUT2D eigenvalue weighted by molar-refractivity contribution is 0.0198. The van der Waals surface area contributed by atoms with E-state index < -0.39 is 0 Å². The van der Waals surface area contributed by atoms with Crippen LogP contribution < -0.4 is 0 Å². The van der Waals surface area contributed by atoms with E-state index in [0.717, 1.165) is 0 Å². The summed E-state index contributed by atoms with van der Waals surface area (Å²) in [7, 11) is 0. The molecule has 0 radical (unpaired) electrons. The van der Waals surface area contributed by atoms with Crippen molar-refractivity contribution in [2.45, 2.75) is 38.5 Å². The molecule has 4 bridgehead atoms. The van der Waals surface area contributed by atoms with E-state index in [2.05, 4.69) is 60.7 Å². The van der Waals surface area contributed by atoms with Gasteiger partial charge in [0.05, 0.1) is 0 Å². The van der Waals surface area contributed by atoms with Gasteiger partial charge in [-0.05, 0) is 95.9 Å². The first-order valence-electron chi connectivity index (χ1n) is 9.71. The van der Waals surface area contributed by atoms with Gasteiger partial charge in [0.1, 0.15) is 0 Å². The van der Waals surface area contributed by atoms with Crippen LogP contribution >= 0.6 is 0 Å². The Kier molecular flexibility index (Phi) is 3.58. The van der Waals surface area contributed by atoms with Crippen molar-refractivity contribution < 1.29 is 0 Å². The number of hydrogen-bond acceptors (Lipinski definition) is 0. The van der Waals surface area contributed by atoms with Crippen molar-refractivity contribution in [3.8, 4) is 0 Å². The first-order chi connectivity index (χ1) is 11.8. The van der Waals surface area contributed by atoms with E-state index in [-0.39, 0.29) is 0 Å². The van der Waals surface area contributed by atoms with Crippen LogP contribution in [-0.2, 0) is 0 Å². The van der Waals surface area contributed by atoms with Crippen molar-refractivity contribution in [1.29, 1.82) is 0 Å². The summed E-state index contributed by atoms with van der Waals surface area (Å²) < 4.78 is 0. The number of hydrogen-bond donors (Lipinski definition) is 0. The summed E-state index contributed by atoms with van der Waals surface area (Å²) in [6.45, 7) is 0. The molecular formula is C24H26. The van der Waals surface area contributed by atoms with E-state index in [4.69, 9.17) is 0 Å². The molecule has 0 aromatic heterocycles. The predicted octanol–water partition coefficient (Wildman–Crippen LogP) is 6.83. The number of rotatable bonds is 0. The summed E-state index contributed by atoms with van der Waals surface area (Å²) in [6, 6.07) is 21.4. The van der Waals surface area contributed by atoms with Gasteiger partial charge in [-0.3, -0.25) is 0 Å². The molecule has 0 unspecified atom stereocenters. The van der Waals surface area contributed by atoms with Gasteiger partial charge in [0.25, 0.3) is 0 Å². The van der Waals surface area contributed by atoms with Crippen LogP contribution in [0.2, 0.25) is 0 Å². The van der Waals surface area contributed by atoms with Crippen LogP contribution in [0.4, 0.5) is 0 Å². The highest BCUT2D eigenvalue weighted by Gasteiger charge is 2.41. The Bertz CT molecular complexity index is 698. The van der Waals surface area contributed by atoms with Gasteiger partial charge in [-0.15, -0.1) is 0 Å². The highest BCUT2D eigenvalue weighted by atomic mass is 14.5. The molecule has 122 valence electrons. The lowest BCUT2D eigenvalue weighted by atomic mass is 9.56. The van der Waals surface area contributed by atoms with Crippen LogP contribution in [0.3, 0.4) is 0 Å². The highest BCUT2D eigenvalue weighted by Crippen LogP contribution is 2.53. The second kappa shape index (κ2) is 5.92. The molecule has 0 spiro atoms. The van der Waals surface area contributed by atoms with Crippen molar-refractivity contribution >= 4 is 21.5 Å². The zero-order chi connectivity index (χ0) is 15.9. The molecule has 0 heteroatoms. The fourth-order valence-corrected chi connectivity index (χ4v) is 5.87. The molecule has 4 fully saturated rings. The van der Waals surface area contributed by atoms with Crippen LogP contribution in [0.15, 0.2) is 60.7 Å². The third-order valence-corrected chi connectivity index (χ3v) is 6.61. The van der Waals surface area contributed by atoms with Crippen molar-refractivity contribution in [3.05, 3.63) is 60.7 Å². The van der Waals surface area contributed by atoms with Gasteiger partial charge in [0.15, 0.2) is 0 Å². The molecular weight excluding hydrogens is 288 g/mol. The topological polar surface area (TPSA) is 0 Å². The van der Waals surface area contributed by atoms with Crippen LogP contribution in [0, 0.1) is 23.7 Å². The molecule has 0 atom stereocenters. The van der Waals surface area contributed by atoms with Gasteiger partial charge < -0.3 is 0 Å². The van der Waals surface area contributed by atoms with Crippen molar-refractivity contribution in [2.75, 3.05) is 0 Å². The average molecular weight is 314 g/mol. The Hall–Kier alpha value is -1.82. The maximum Gasteiger partial charge on any atom is -0.0178 e. The third kappa shape index (κ3) is 2.73. The lowest BCUT2D eigenvalue weighted by Gasteiger charge is -2.49. The number of fused-ring (bicyclic) bond motifs is 2. The first kappa shape index (κ1) is 14.5. The largest absolute Gasteiger partial charge is 0.0616 e. The molecule has 0 nitrogen and oxygen atoms in total. The summed E-state index contributed by atoms with van der Waals surface area (Å²) >= 11 is 0. The average Bonchev–Trinajstić information content (AvgIpc) is 2.59. The van der Waals surface area contributed by atoms with Crippen molar-refractivity contribution in [1.82, 2.24) is 0 Å². The highest BCUT2D eigenvalue weighted by molar-refractivity contribution is 5.98. The summed E-state index contributed by atoms with van der Waals surface area (Å²) in [4.78, 5) is 0. The van der Waals surface area contributed by atoms with E-state index in [1.54, 1.807) is 38.5 Å². The van der Waals surface area contributed by atoms with Crippen LogP contribution in [0.25, 0.3) is 21.5 Å². The Morgan fingerprint density at radius 3 is 0.917 bits per heavy atom. The molecule has 4 aliphatic rings. The SMILES string of the molecule is C1C2CC3CC1CC(C2)C3.c1ccc2cc3ccccc3cc2c1. The maximum atomic E-state index is 2.24. The predicted molar refractivity (Wildman–Crippen MR) is 103 cm³/mol. The Labute approximate surface area is 144 Å². The van der Waals surface area contributed by atoms with E-state index in [9.17, 15) is 0 Å². The lowest BCUT2D eigenvalue weighted by Crippen LogP contribution is -2.38. The standard InChI is InChI=1S/C14H10.C10H16/c1-2-6-12-10-14-8-4-3-7-13(14)9-11(12)5-1;1-7-2-9-4-8(1)5-10(3-7)6-9/h1-10H;7-10H,1-6H2. The van der Waals surface area contributed by atoms with E-state index >= 15 is 0 Å². The van der Waals surface area contributed by atoms with E-state index in [1.165, 1.54) is 45.2 Å². The van der Waals surface area contributed by atoms with Gasteiger partial charge >= 0.3 is 0 Å². The van der Waals surface area contributed by atoms with Crippen LogP contribution in [-0.4, -0.2) is 0 Å². The molecule has 0 heterocycles. The Morgan fingerprint density at radius 1 is 0.417 bits per heavy atom. The van der Waals surface area contributed by atoms with Gasteiger partial charge in [-0.2, -0.15) is 0 Å². The zero-order valence-corrected chi connectivity index (χ0v) is 14.3. The molecule has 7 rings (SSSR count). The summed E-state index contributed by atoms with van der Waals surface area (Å²) in [5, 5.41) is 5.25. The number of benzene rings is 3. The normalized spacial score (nSPS) is 30.3. The summed E-state index contributed by atoms with van der Waals surface area (Å²) in [5.41, 5.74) is 0. The smallest absolute Gasteiger partial charge is 0.0178 e. The molecule has 0 N–H and O–H groups in total. The summed E-state index contributed by atoms with van der Waals surface area (Å²) in [5.74, 6) is 4.71. The molecule has 3 aromatic carbocycles. The summed E-state index contributed by atoms with van der Waals surface area (Å²) in [6.07, 6.45) is 9.62. The van der Waals surface area contributed by atoms with Crippen LogP contribution in [0.5, 0.6) is 0 Å². The van der Waals surface area contributed by atoms with Gasteiger partial charge in [-0.1, -0.05) is 48.5 Å². The van der Waals surface area contributed by atoms with E-state index in [0.29, 0.717) is 0 Å². The molecule has 0 amide bonds. The van der Waals surface area contributed by atoms with Crippen molar-refractivity contribution in [3.63, 3.8) is 0 Å². The Morgan fingerprint density at radius 2 is 0.667 bits per heavy atom. The monoisotopic (exact) mass is 314 g/mol. The molecule has 3 aromatic rings. The molecule has 24 heavy (non-hydrogen) atoms. The van der Waals surface area contributed by atoms with Gasteiger partial charge in [-0.25, -0.2) is 0 Å². The van der Waals surface area contributed by atoms with Crippen LogP contribution in [0.1, 0.15) is 38.5 Å². The third-order valence-electron chi connectivity index (χ3n) is 6.61. The minimum atomic E-state index is 1.18. The zero-order valence-electron chi connectivity index (χ0n) is 14.3. The fourth-order valence-electron chi connectivity index (χ4n) is 5.87. The minimum absolute atomic E-state index is 1.18. The second-order valence-electron chi connectivity index (χ2n) is 8.42. The van der Waals surface area contributed by atoms with Crippen molar-refractivity contribution in [2.24, 2.45) is 23.7 Å². The second-order valence-corrected chi connectivity index (χ2v) is 8.42. The Balaban J connectivity index is 0.000000115. The van der Waals surface area contributed by atoms with E-state index in [1.807, 2.05) is 0 Å². The van der Waals surface area contributed by atoms with Gasteiger partial charge in [0, 0.05) is 0 Å². The molecule has 0 aliphatic heterocycles. The quantitative estimate of drug-likeness (QED) is 0.399. The minimum Gasteiger partial charge on any atom is -0.0616 e. The van der Waals surface area contributed by atoms with Gasteiger partial charge in [0.2, 0.25) is 0 Å². The molecule has 0 saturated heterocycles. The first-order valence-corrected chi connectivity index (χ1v) is 9.71. The molecule has 4 saturated carbocycles.